The molecule has 1 heterocycles. The zero-order chi connectivity index (χ0) is 25.6. The minimum atomic E-state index is 0.630. The number of allylic oxidation sites excluding steroid dienone is 4. The van der Waals surface area contributed by atoms with E-state index in [2.05, 4.69) is 91.7 Å². The summed E-state index contributed by atoms with van der Waals surface area (Å²) in [5.74, 6) is 0.630. The highest BCUT2D eigenvalue weighted by atomic mass is 15.3. The molecule has 0 spiro atoms. The fraction of sp³-hybridized carbons (Fsp3) is 0.273. The van der Waals surface area contributed by atoms with Crippen LogP contribution in [0.2, 0.25) is 0 Å². The van der Waals surface area contributed by atoms with E-state index in [-0.39, 0.29) is 0 Å². The number of nitrogens with zero attached hydrogens (tertiary/aromatic N) is 3. The van der Waals surface area contributed by atoms with E-state index in [0.29, 0.717) is 5.92 Å². The first-order chi connectivity index (χ1) is 18.1. The Morgan fingerprint density at radius 1 is 0.703 bits per heavy atom. The minimum Gasteiger partial charge on any atom is -0.365 e. The molecule has 188 valence electrons. The van der Waals surface area contributed by atoms with Crippen molar-refractivity contribution in [3.8, 4) is 0 Å². The van der Waals surface area contributed by atoms with E-state index in [1.54, 1.807) is 0 Å². The number of benzene rings is 3. The van der Waals surface area contributed by atoms with Gasteiger partial charge in [0.15, 0.2) is 0 Å². The molecule has 4 heteroatoms. The molecule has 0 aromatic heterocycles. The van der Waals surface area contributed by atoms with Gasteiger partial charge in [-0.2, -0.15) is 0 Å². The number of nitrogens with one attached hydrogen (secondary N) is 1. The predicted molar refractivity (Wildman–Crippen MR) is 160 cm³/mol. The van der Waals surface area contributed by atoms with Crippen LogP contribution in [0.25, 0.3) is 0 Å². The van der Waals surface area contributed by atoms with Crippen LogP contribution < -0.4 is 10.2 Å². The number of anilines is 3. The van der Waals surface area contributed by atoms with Crippen molar-refractivity contribution < 1.29 is 0 Å². The third-order valence-electron chi connectivity index (χ3n) is 7.26. The van der Waals surface area contributed by atoms with Crippen molar-refractivity contribution in [2.45, 2.75) is 52.0 Å². The smallest absolute Gasteiger partial charge is 0.0638 e. The van der Waals surface area contributed by atoms with E-state index in [1.807, 2.05) is 36.4 Å². The van der Waals surface area contributed by atoms with Gasteiger partial charge in [0.2, 0.25) is 0 Å². The highest BCUT2D eigenvalue weighted by Gasteiger charge is 2.31. The topological polar surface area (TPSA) is 39.8 Å². The van der Waals surface area contributed by atoms with Gasteiger partial charge in [0.1, 0.15) is 0 Å². The molecule has 1 saturated heterocycles. The lowest BCUT2D eigenvalue weighted by atomic mass is 9.94. The summed E-state index contributed by atoms with van der Waals surface area (Å²) in [6.45, 7) is 7.92. The van der Waals surface area contributed by atoms with Crippen molar-refractivity contribution in [1.82, 2.24) is 0 Å². The van der Waals surface area contributed by atoms with Crippen LogP contribution in [0.1, 0.15) is 51.5 Å². The lowest BCUT2D eigenvalue weighted by Gasteiger charge is -2.12. The molecule has 1 aliphatic carbocycles. The maximum atomic E-state index is 4.77. The summed E-state index contributed by atoms with van der Waals surface area (Å²) < 4.78 is 0. The van der Waals surface area contributed by atoms with Gasteiger partial charge in [0.25, 0.3) is 0 Å². The van der Waals surface area contributed by atoms with Crippen LogP contribution in [-0.4, -0.2) is 24.0 Å². The monoisotopic (exact) mass is 488 g/mol. The van der Waals surface area contributed by atoms with Gasteiger partial charge in [-0.1, -0.05) is 32.9 Å². The van der Waals surface area contributed by atoms with Crippen LogP contribution in [0.15, 0.2) is 107 Å². The van der Waals surface area contributed by atoms with E-state index in [9.17, 15) is 0 Å². The molecule has 3 aromatic carbocycles. The summed E-state index contributed by atoms with van der Waals surface area (Å²) in [6, 6.07) is 26.3. The lowest BCUT2D eigenvalue weighted by molar-refractivity contribution is 0.642. The molecule has 1 N–H and O–H groups in total. The van der Waals surface area contributed by atoms with Crippen LogP contribution in [0.5, 0.6) is 0 Å². The largest absolute Gasteiger partial charge is 0.365 e. The Morgan fingerprint density at radius 3 is 1.65 bits per heavy atom. The van der Waals surface area contributed by atoms with E-state index >= 15 is 0 Å². The van der Waals surface area contributed by atoms with Gasteiger partial charge in [-0.15, -0.1) is 0 Å². The molecule has 0 amide bonds. The Morgan fingerprint density at radius 2 is 1.19 bits per heavy atom. The van der Waals surface area contributed by atoms with Crippen molar-refractivity contribution in [3.63, 3.8) is 0 Å². The predicted octanol–water partition coefficient (Wildman–Crippen LogP) is 8.90. The molecule has 3 aromatic rings. The van der Waals surface area contributed by atoms with Gasteiger partial charge in [-0.05, 0) is 116 Å². The van der Waals surface area contributed by atoms with E-state index in [0.717, 1.165) is 40.2 Å². The Kier molecular flexibility index (Phi) is 7.65. The van der Waals surface area contributed by atoms with Gasteiger partial charge in [-0.3, -0.25) is 0 Å². The van der Waals surface area contributed by atoms with Crippen LogP contribution in [0, 0.1) is 0 Å². The average molecular weight is 489 g/mol. The SMILES string of the molecule is CCC(CC)c1ccc(N=C2C=CC(=Nc3ccc(Nc4ccc(N5CC5CC)cc4)cc3)C=C2)cc1. The zero-order valence-electron chi connectivity index (χ0n) is 22.1. The summed E-state index contributed by atoms with van der Waals surface area (Å²) in [4.78, 5) is 12.0. The summed E-state index contributed by atoms with van der Waals surface area (Å²) in [7, 11) is 0. The first kappa shape index (κ1) is 24.8. The van der Waals surface area contributed by atoms with Crippen LogP contribution in [0.4, 0.5) is 28.4 Å². The first-order valence-corrected chi connectivity index (χ1v) is 13.5. The summed E-state index contributed by atoms with van der Waals surface area (Å²) >= 11 is 0. The fourth-order valence-electron chi connectivity index (χ4n) is 4.85. The van der Waals surface area contributed by atoms with Crippen molar-refractivity contribution >= 4 is 39.9 Å². The molecular weight excluding hydrogens is 452 g/mol. The molecule has 5 rings (SSSR count). The molecular formula is C33H36N4. The lowest BCUT2D eigenvalue weighted by Crippen LogP contribution is -1.99. The zero-order valence-corrected chi connectivity index (χ0v) is 22.1. The van der Waals surface area contributed by atoms with Crippen molar-refractivity contribution in [1.29, 1.82) is 0 Å². The average Bonchev–Trinajstić information content (AvgIpc) is 3.73. The summed E-state index contributed by atoms with van der Waals surface area (Å²) in [5, 5.41) is 3.48. The van der Waals surface area contributed by atoms with Gasteiger partial charge in [0.05, 0.1) is 22.8 Å². The quantitative estimate of drug-likeness (QED) is 0.241. The van der Waals surface area contributed by atoms with E-state index in [4.69, 9.17) is 9.98 Å². The van der Waals surface area contributed by atoms with E-state index in [1.165, 1.54) is 37.1 Å². The summed E-state index contributed by atoms with van der Waals surface area (Å²) in [6.07, 6.45) is 11.6. The van der Waals surface area contributed by atoms with Crippen LogP contribution in [0.3, 0.4) is 0 Å². The number of hydrogen-bond donors (Lipinski definition) is 1. The molecule has 0 bridgehead atoms. The standard InChI is InChI=1S/C33H36N4/c1-4-24(5-2)25-7-9-26(10-8-25)34-27-11-13-28(14-12-27)35-29-15-17-30(18-16-29)36-31-19-21-33(22-20-31)37-23-32(37)6-3/h7-22,24,32,36H,4-6,23H2,1-3H3. The molecule has 0 saturated carbocycles. The third-order valence-corrected chi connectivity index (χ3v) is 7.26. The Bertz CT molecular complexity index is 1290. The summed E-state index contributed by atoms with van der Waals surface area (Å²) in [5.41, 5.74) is 8.60. The maximum absolute atomic E-state index is 4.77. The van der Waals surface area contributed by atoms with Crippen molar-refractivity contribution in [2.24, 2.45) is 9.98 Å². The third kappa shape index (κ3) is 6.26. The Balaban J connectivity index is 1.17. The van der Waals surface area contributed by atoms with Crippen molar-refractivity contribution in [3.05, 3.63) is 103 Å². The first-order valence-electron chi connectivity index (χ1n) is 13.5. The highest BCUT2D eigenvalue weighted by Crippen LogP contribution is 2.31. The van der Waals surface area contributed by atoms with Crippen molar-refractivity contribution in [2.75, 3.05) is 16.8 Å². The Labute approximate surface area is 221 Å². The molecule has 1 aliphatic heterocycles. The van der Waals surface area contributed by atoms with Crippen LogP contribution >= 0.6 is 0 Å². The normalized spacial score (nSPS) is 16.3. The molecule has 1 unspecified atom stereocenters. The second kappa shape index (κ2) is 11.4. The second-order valence-electron chi connectivity index (χ2n) is 9.78. The molecule has 1 fully saturated rings. The van der Waals surface area contributed by atoms with Gasteiger partial charge in [-0.25, -0.2) is 9.98 Å². The molecule has 2 aliphatic rings. The minimum absolute atomic E-state index is 0.630. The maximum Gasteiger partial charge on any atom is 0.0638 e. The molecule has 1 atom stereocenters. The molecule has 37 heavy (non-hydrogen) atoms. The molecule has 0 radical (unpaired) electrons. The van der Waals surface area contributed by atoms with Gasteiger partial charge in [0, 0.05) is 29.6 Å². The van der Waals surface area contributed by atoms with Crippen LogP contribution in [-0.2, 0) is 0 Å². The number of aliphatic imine (C=N–C) groups is 2. The number of hydrogen-bond acceptors (Lipinski definition) is 4. The van der Waals surface area contributed by atoms with Gasteiger partial charge >= 0.3 is 0 Å². The van der Waals surface area contributed by atoms with Gasteiger partial charge < -0.3 is 10.2 Å². The number of rotatable bonds is 9. The second-order valence-corrected chi connectivity index (χ2v) is 9.78. The molecule has 4 nitrogen and oxygen atoms in total. The van der Waals surface area contributed by atoms with E-state index < -0.39 is 0 Å². The highest BCUT2D eigenvalue weighted by molar-refractivity contribution is 6.19. The Hall–Kier alpha value is -3.92. The fourth-order valence-corrected chi connectivity index (χ4v) is 4.85.